The molecule has 2 aliphatic rings. The van der Waals surface area contributed by atoms with Crippen molar-refractivity contribution < 1.29 is 9.47 Å². The molecule has 2 saturated heterocycles. The van der Waals surface area contributed by atoms with Crippen LogP contribution in [0.4, 0.5) is 0 Å². The molecular formula is C8H14NO2. The zero-order valence-corrected chi connectivity index (χ0v) is 6.64. The van der Waals surface area contributed by atoms with Crippen LogP contribution in [0.25, 0.3) is 0 Å². The van der Waals surface area contributed by atoms with Crippen molar-refractivity contribution in [2.75, 3.05) is 32.9 Å². The molecule has 0 spiro atoms. The van der Waals surface area contributed by atoms with Crippen LogP contribution in [0.2, 0.25) is 0 Å². The Hall–Kier alpha value is -0.120. The lowest BCUT2D eigenvalue weighted by molar-refractivity contribution is -0.0453. The summed E-state index contributed by atoms with van der Waals surface area (Å²) in [5.74, 6) is 0.607. The van der Waals surface area contributed by atoms with E-state index in [1.807, 2.05) is 0 Å². The topological polar surface area (TPSA) is 30.5 Å². The third-order valence-corrected chi connectivity index (χ3v) is 2.28. The summed E-state index contributed by atoms with van der Waals surface area (Å²) in [5, 5.41) is 3.31. The lowest BCUT2D eigenvalue weighted by Gasteiger charge is -2.25. The Morgan fingerprint density at radius 2 is 2.36 bits per heavy atom. The molecule has 0 aromatic carbocycles. The van der Waals surface area contributed by atoms with Crippen LogP contribution in [-0.2, 0) is 9.47 Å². The number of nitrogens with one attached hydrogen (secondary N) is 1. The van der Waals surface area contributed by atoms with Crippen molar-refractivity contribution in [3.05, 3.63) is 6.10 Å². The zero-order valence-electron chi connectivity index (χ0n) is 6.64. The fourth-order valence-corrected chi connectivity index (χ4v) is 1.61. The zero-order chi connectivity index (χ0) is 7.52. The average molecular weight is 156 g/mol. The van der Waals surface area contributed by atoms with Crippen LogP contribution in [-0.4, -0.2) is 32.9 Å². The Bertz CT molecular complexity index is 117. The first-order valence-electron chi connectivity index (χ1n) is 4.24. The average Bonchev–Trinajstić information content (AvgIpc) is 2.58. The van der Waals surface area contributed by atoms with E-state index in [1.54, 1.807) is 0 Å². The maximum absolute atomic E-state index is 5.51. The fraction of sp³-hybridized carbons (Fsp3) is 0.875. The molecule has 1 atom stereocenters. The molecule has 2 aliphatic heterocycles. The van der Waals surface area contributed by atoms with Gasteiger partial charge in [0.1, 0.15) is 6.10 Å². The molecule has 0 amide bonds. The smallest absolute Gasteiger partial charge is 0.127 e. The van der Waals surface area contributed by atoms with Gasteiger partial charge in [-0.15, -0.1) is 0 Å². The SMILES string of the molecule is C1CC([C]2COCCO2)CN1. The van der Waals surface area contributed by atoms with Gasteiger partial charge >= 0.3 is 0 Å². The molecule has 0 bridgehead atoms. The number of ether oxygens (including phenoxy) is 2. The molecule has 2 fully saturated rings. The Morgan fingerprint density at radius 1 is 1.36 bits per heavy atom. The molecule has 0 aromatic rings. The molecule has 0 saturated carbocycles. The van der Waals surface area contributed by atoms with Gasteiger partial charge in [0.25, 0.3) is 0 Å². The predicted octanol–water partition coefficient (Wildman–Crippen LogP) is 0.175. The van der Waals surface area contributed by atoms with Crippen LogP contribution in [0, 0.1) is 12.0 Å². The van der Waals surface area contributed by atoms with Gasteiger partial charge in [0, 0.05) is 12.5 Å². The second-order valence-corrected chi connectivity index (χ2v) is 3.06. The largest absolute Gasteiger partial charge is 0.376 e. The van der Waals surface area contributed by atoms with Crippen molar-refractivity contribution in [2.24, 2.45) is 5.92 Å². The van der Waals surface area contributed by atoms with Crippen LogP contribution in [0.5, 0.6) is 0 Å². The lowest BCUT2D eigenvalue weighted by Crippen LogP contribution is -2.29. The van der Waals surface area contributed by atoms with E-state index >= 15 is 0 Å². The minimum absolute atomic E-state index is 0.607. The summed E-state index contributed by atoms with van der Waals surface area (Å²) in [5.41, 5.74) is 0. The maximum atomic E-state index is 5.51. The highest BCUT2D eigenvalue weighted by Gasteiger charge is 2.28. The number of hydrogen-bond donors (Lipinski definition) is 1. The van der Waals surface area contributed by atoms with Crippen molar-refractivity contribution in [1.82, 2.24) is 5.32 Å². The highest BCUT2D eigenvalue weighted by atomic mass is 16.6. The molecule has 0 aromatic heterocycles. The first kappa shape index (κ1) is 7.53. The van der Waals surface area contributed by atoms with Crippen molar-refractivity contribution in [2.45, 2.75) is 6.42 Å². The first-order chi connectivity index (χ1) is 5.47. The monoisotopic (exact) mass is 156 g/mol. The van der Waals surface area contributed by atoms with E-state index in [2.05, 4.69) is 5.32 Å². The molecule has 3 nitrogen and oxygen atoms in total. The van der Waals surface area contributed by atoms with Crippen LogP contribution >= 0.6 is 0 Å². The molecule has 2 heterocycles. The third-order valence-electron chi connectivity index (χ3n) is 2.28. The van der Waals surface area contributed by atoms with Crippen LogP contribution in [0.15, 0.2) is 0 Å². The summed E-state index contributed by atoms with van der Waals surface area (Å²) < 4.78 is 10.8. The maximum Gasteiger partial charge on any atom is 0.127 e. The quantitative estimate of drug-likeness (QED) is 0.587. The molecule has 1 N–H and O–H groups in total. The molecular weight excluding hydrogens is 142 g/mol. The molecule has 2 rings (SSSR count). The fourth-order valence-electron chi connectivity index (χ4n) is 1.61. The van der Waals surface area contributed by atoms with Gasteiger partial charge in [-0.25, -0.2) is 0 Å². The van der Waals surface area contributed by atoms with E-state index in [0.717, 1.165) is 32.4 Å². The van der Waals surface area contributed by atoms with Gasteiger partial charge in [-0.3, -0.25) is 0 Å². The summed E-state index contributed by atoms with van der Waals surface area (Å²) in [6.07, 6.45) is 2.36. The Morgan fingerprint density at radius 3 is 3.00 bits per heavy atom. The molecule has 1 radical (unpaired) electrons. The molecule has 11 heavy (non-hydrogen) atoms. The van der Waals surface area contributed by atoms with Gasteiger partial charge in [0.2, 0.25) is 0 Å². The second kappa shape index (κ2) is 3.52. The molecule has 63 valence electrons. The van der Waals surface area contributed by atoms with Crippen molar-refractivity contribution >= 4 is 0 Å². The summed E-state index contributed by atoms with van der Waals surface area (Å²) in [6, 6.07) is 0. The number of rotatable bonds is 1. The minimum atomic E-state index is 0.607. The van der Waals surface area contributed by atoms with E-state index in [9.17, 15) is 0 Å². The predicted molar refractivity (Wildman–Crippen MR) is 41.0 cm³/mol. The Labute approximate surface area is 67.1 Å². The van der Waals surface area contributed by atoms with E-state index in [4.69, 9.17) is 9.47 Å². The van der Waals surface area contributed by atoms with Crippen molar-refractivity contribution in [3.8, 4) is 0 Å². The summed E-state index contributed by atoms with van der Waals surface area (Å²) in [6.45, 7) is 4.40. The van der Waals surface area contributed by atoms with Crippen LogP contribution in [0.1, 0.15) is 6.42 Å². The van der Waals surface area contributed by atoms with Crippen molar-refractivity contribution in [1.29, 1.82) is 0 Å². The first-order valence-corrected chi connectivity index (χ1v) is 4.24. The van der Waals surface area contributed by atoms with Gasteiger partial charge < -0.3 is 14.8 Å². The van der Waals surface area contributed by atoms with E-state index in [1.165, 1.54) is 6.42 Å². The van der Waals surface area contributed by atoms with E-state index in [0.29, 0.717) is 12.5 Å². The highest BCUT2D eigenvalue weighted by molar-refractivity contribution is 4.93. The third kappa shape index (κ3) is 1.72. The minimum Gasteiger partial charge on any atom is -0.376 e. The van der Waals surface area contributed by atoms with Crippen LogP contribution < -0.4 is 5.32 Å². The lowest BCUT2D eigenvalue weighted by atomic mass is 10.0. The van der Waals surface area contributed by atoms with Gasteiger partial charge in [-0.1, -0.05) is 0 Å². The summed E-state index contributed by atoms with van der Waals surface area (Å²) in [7, 11) is 0. The summed E-state index contributed by atoms with van der Waals surface area (Å²) in [4.78, 5) is 0. The Kier molecular flexibility index (Phi) is 2.41. The number of hydrogen-bond acceptors (Lipinski definition) is 3. The van der Waals surface area contributed by atoms with Gasteiger partial charge in [0.15, 0.2) is 0 Å². The summed E-state index contributed by atoms with van der Waals surface area (Å²) >= 11 is 0. The van der Waals surface area contributed by atoms with E-state index in [-0.39, 0.29) is 0 Å². The van der Waals surface area contributed by atoms with Crippen LogP contribution in [0.3, 0.4) is 0 Å². The van der Waals surface area contributed by atoms with Gasteiger partial charge in [-0.2, -0.15) is 0 Å². The Balaban J connectivity index is 1.82. The standard InChI is InChI=1S/C8H14NO2/c1-2-9-5-7(1)8-6-10-3-4-11-8/h7,9H,1-6H2. The molecule has 1 unspecified atom stereocenters. The van der Waals surface area contributed by atoms with Gasteiger partial charge in [0.05, 0.1) is 19.8 Å². The molecule has 0 aliphatic carbocycles. The van der Waals surface area contributed by atoms with Gasteiger partial charge in [-0.05, 0) is 13.0 Å². The molecule has 3 heteroatoms. The normalized spacial score (nSPS) is 34.4. The highest BCUT2D eigenvalue weighted by Crippen LogP contribution is 2.24. The van der Waals surface area contributed by atoms with E-state index < -0.39 is 0 Å². The second-order valence-electron chi connectivity index (χ2n) is 3.06. The van der Waals surface area contributed by atoms with Crippen molar-refractivity contribution in [3.63, 3.8) is 0 Å².